The van der Waals surface area contributed by atoms with E-state index in [9.17, 15) is 4.79 Å². The van der Waals surface area contributed by atoms with Crippen molar-refractivity contribution < 1.29 is 0 Å². The minimum absolute atomic E-state index is 0.0310. The first-order chi connectivity index (χ1) is 15.1. The molecule has 2 aromatic carbocycles. The zero-order valence-corrected chi connectivity index (χ0v) is 18.8. The molecule has 0 bridgehead atoms. The molecule has 5 rings (SSSR count). The molecule has 0 atom stereocenters. The van der Waals surface area contributed by atoms with Gasteiger partial charge in [0.25, 0.3) is 5.56 Å². The van der Waals surface area contributed by atoms with E-state index in [2.05, 4.69) is 29.4 Å². The Kier molecular flexibility index (Phi) is 5.52. The van der Waals surface area contributed by atoms with Crippen LogP contribution in [0.15, 0.2) is 59.4 Å². The number of rotatable bonds is 5. The molecule has 0 amide bonds. The molecule has 0 spiro atoms. The lowest BCUT2D eigenvalue weighted by molar-refractivity contribution is 0.318. The minimum Gasteiger partial charge on any atom is -0.355 e. The lowest BCUT2D eigenvalue weighted by Crippen LogP contribution is -2.27. The van der Waals surface area contributed by atoms with E-state index >= 15 is 0 Å². The third kappa shape index (κ3) is 3.99. The summed E-state index contributed by atoms with van der Waals surface area (Å²) >= 11 is 7.89. The second-order valence-corrected chi connectivity index (χ2v) is 9.41. The fraction of sp³-hybridized carbons (Fsp3) is 0.250. The Labute approximate surface area is 189 Å². The summed E-state index contributed by atoms with van der Waals surface area (Å²) in [6.07, 6.45) is 1.72. The third-order valence-corrected chi connectivity index (χ3v) is 7.02. The highest BCUT2D eigenvalue weighted by Gasteiger charge is 2.24. The number of thiophene rings is 1. The highest BCUT2D eigenvalue weighted by Crippen LogP contribution is 2.33. The number of hydrogen-bond acceptors (Lipinski definition) is 5. The molecule has 5 nitrogen and oxygen atoms in total. The van der Waals surface area contributed by atoms with E-state index in [1.54, 1.807) is 15.9 Å². The first-order valence-electron chi connectivity index (χ1n) is 10.4. The van der Waals surface area contributed by atoms with Gasteiger partial charge in [-0.15, -0.1) is 11.3 Å². The second kappa shape index (κ2) is 8.46. The van der Waals surface area contributed by atoms with E-state index in [4.69, 9.17) is 16.6 Å². The van der Waals surface area contributed by atoms with E-state index < -0.39 is 0 Å². The van der Waals surface area contributed by atoms with E-state index in [1.807, 2.05) is 42.5 Å². The molecular formula is C24H23ClN4OS. The standard InChI is InChI=1S/C24H23ClN4OS/c1-28-13-11-19-20(15-28)31-22-21(19)23(30)29(18-9-5-8-17(25)14-18)24(27-22)26-12-10-16-6-3-2-4-7-16/h2-9,14H,10-13,15H2,1H3,(H,26,27). The van der Waals surface area contributed by atoms with Crippen LogP contribution in [0, 0.1) is 0 Å². The van der Waals surface area contributed by atoms with Gasteiger partial charge in [-0.05, 0) is 49.2 Å². The summed E-state index contributed by atoms with van der Waals surface area (Å²) in [6, 6.07) is 17.7. The second-order valence-electron chi connectivity index (χ2n) is 7.89. The summed E-state index contributed by atoms with van der Waals surface area (Å²) in [4.78, 5) is 23.0. The molecule has 0 radical (unpaired) electrons. The van der Waals surface area contributed by atoms with E-state index in [0.29, 0.717) is 17.5 Å². The summed E-state index contributed by atoms with van der Waals surface area (Å²) in [7, 11) is 2.11. The molecule has 1 aliphatic heterocycles. The largest absolute Gasteiger partial charge is 0.355 e. The van der Waals surface area contributed by atoms with Crippen molar-refractivity contribution in [1.82, 2.24) is 14.5 Å². The van der Waals surface area contributed by atoms with Crippen LogP contribution in [0.4, 0.5) is 5.95 Å². The number of aromatic nitrogens is 2. The first kappa shape index (κ1) is 20.2. The maximum atomic E-state index is 13.7. The topological polar surface area (TPSA) is 50.2 Å². The Morgan fingerprint density at radius 2 is 2.00 bits per heavy atom. The monoisotopic (exact) mass is 450 g/mol. The van der Waals surface area contributed by atoms with Crippen LogP contribution in [0.2, 0.25) is 5.02 Å². The molecule has 31 heavy (non-hydrogen) atoms. The van der Waals surface area contributed by atoms with Crippen LogP contribution in [-0.4, -0.2) is 34.6 Å². The Balaban J connectivity index is 1.60. The van der Waals surface area contributed by atoms with Crippen molar-refractivity contribution in [3.05, 3.63) is 86.0 Å². The van der Waals surface area contributed by atoms with Gasteiger partial charge in [-0.2, -0.15) is 0 Å². The number of fused-ring (bicyclic) bond motifs is 3. The molecule has 4 aromatic rings. The van der Waals surface area contributed by atoms with Crippen LogP contribution in [0.25, 0.3) is 15.9 Å². The van der Waals surface area contributed by atoms with Gasteiger partial charge in [-0.1, -0.05) is 48.0 Å². The summed E-state index contributed by atoms with van der Waals surface area (Å²) in [5.74, 6) is 0.558. The molecule has 3 heterocycles. The lowest BCUT2D eigenvalue weighted by Gasteiger charge is -2.21. The maximum Gasteiger partial charge on any atom is 0.268 e. The number of anilines is 1. The van der Waals surface area contributed by atoms with Crippen LogP contribution in [0.3, 0.4) is 0 Å². The van der Waals surface area contributed by atoms with Gasteiger partial charge in [-0.25, -0.2) is 9.55 Å². The van der Waals surface area contributed by atoms with Gasteiger partial charge >= 0.3 is 0 Å². The van der Waals surface area contributed by atoms with Gasteiger partial charge in [0.15, 0.2) is 0 Å². The molecule has 0 aliphatic carbocycles. The Morgan fingerprint density at radius 1 is 1.16 bits per heavy atom. The summed E-state index contributed by atoms with van der Waals surface area (Å²) in [5.41, 5.74) is 3.09. The number of benzene rings is 2. The molecule has 1 aliphatic rings. The van der Waals surface area contributed by atoms with Crippen molar-refractivity contribution >= 4 is 39.1 Å². The lowest BCUT2D eigenvalue weighted by atomic mass is 10.1. The van der Waals surface area contributed by atoms with Crippen molar-refractivity contribution in [3.8, 4) is 5.69 Å². The highest BCUT2D eigenvalue weighted by atomic mass is 35.5. The molecule has 0 fully saturated rings. The summed E-state index contributed by atoms with van der Waals surface area (Å²) in [6.45, 7) is 2.49. The molecule has 0 saturated heterocycles. The van der Waals surface area contributed by atoms with Crippen molar-refractivity contribution in [2.45, 2.75) is 19.4 Å². The van der Waals surface area contributed by atoms with Crippen molar-refractivity contribution in [3.63, 3.8) is 0 Å². The zero-order valence-electron chi connectivity index (χ0n) is 17.3. The van der Waals surface area contributed by atoms with Crippen LogP contribution in [-0.2, 0) is 19.4 Å². The van der Waals surface area contributed by atoms with Gasteiger partial charge in [0, 0.05) is 29.5 Å². The van der Waals surface area contributed by atoms with Crippen LogP contribution >= 0.6 is 22.9 Å². The van der Waals surface area contributed by atoms with Crippen LogP contribution < -0.4 is 10.9 Å². The average Bonchev–Trinajstić information content (AvgIpc) is 3.12. The Morgan fingerprint density at radius 3 is 2.81 bits per heavy atom. The van der Waals surface area contributed by atoms with Gasteiger partial charge in [0.2, 0.25) is 5.95 Å². The summed E-state index contributed by atoms with van der Waals surface area (Å²) in [5, 5.41) is 4.75. The number of likely N-dealkylation sites (N-methyl/N-ethyl adjacent to an activating group) is 1. The van der Waals surface area contributed by atoms with E-state index in [1.165, 1.54) is 10.4 Å². The maximum absolute atomic E-state index is 13.7. The fourth-order valence-corrected chi connectivity index (χ4v) is 5.58. The quantitative estimate of drug-likeness (QED) is 0.477. The van der Waals surface area contributed by atoms with E-state index in [0.717, 1.165) is 47.4 Å². The van der Waals surface area contributed by atoms with Crippen LogP contribution in [0.1, 0.15) is 16.0 Å². The number of halogens is 1. The highest BCUT2D eigenvalue weighted by molar-refractivity contribution is 7.18. The molecule has 2 aromatic heterocycles. The minimum atomic E-state index is -0.0310. The molecule has 1 N–H and O–H groups in total. The van der Waals surface area contributed by atoms with Crippen LogP contribution in [0.5, 0.6) is 0 Å². The number of nitrogens with one attached hydrogen (secondary N) is 1. The Hall–Kier alpha value is -2.67. The smallest absolute Gasteiger partial charge is 0.268 e. The molecule has 0 unspecified atom stereocenters. The third-order valence-electron chi connectivity index (χ3n) is 5.67. The zero-order chi connectivity index (χ0) is 21.4. The first-order valence-corrected chi connectivity index (χ1v) is 11.6. The number of hydrogen-bond donors (Lipinski definition) is 1. The molecule has 158 valence electrons. The normalized spacial score (nSPS) is 14.0. The van der Waals surface area contributed by atoms with Crippen molar-refractivity contribution in [2.75, 3.05) is 25.5 Å². The van der Waals surface area contributed by atoms with Crippen molar-refractivity contribution in [1.29, 1.82) is 0 Å². The summed E-state index contributed by atoms with van der Waals surface area (Å²) < 4.78 is 1.67. The molecule has 0 saturated carbocycles. The predicted molar refractivity (Wildman–Crippen MR) is 129 cm³/mol. The molecule has 7 heteroatoms. The average molecular weight is 451 g/mol. The van der Waals surface area contributed by atoms with Gasteiger partial charge < -0.3 is 10.2 Å². The predicted octanol–water partition coefficient (Wildman–Crippen LogP) is 4.74. The van der Waals surface area contributed by atoms with Crippen molar-refractivity contribution in [2.24, 2.45) is 0 Å². The van der Waals surface area contributed by atoms with Gasteiger partial charge in [0.05, 0.1) is 11.1 Å². The SMILES string of the molecule is CN1CCc2c(sc3nc(NCCc4ccccc4)n(-c4cccc(Cl)c4)c(=O)c23)C1. The van der Waals surface area contributed by atoms with E-state index in [-0.39, 0.29) is 5.56 Å². The number of nitrogens with zero attached hydrogens (tertiary/aromatic N) is 3. The fourth-order valence-electron chi connectivity index (χ4n) is 4.11. The van der Waals surface area contributed by atoms with Gasteiger partial charge in [-0.3, -0.25) is 4.79 Å². The Bertz CT molecular complexity index is 1300. The van der Waals surface area contributed by atoms with Gasteiger partial charge in [0.1, 0.15) is 4.83 Å². The molecular weight excluding hydrogens is 428 g/mol.